The zero-order valence-corrected chi connectivity index (χ0v) is 14.6. The number of likely N-dealkylation sites (N-methyl/N-ethyl adjacent to an activating group) is 1. The van der Waals surface area contributed by atoms with Gasteiger partial charge in [-0.2, -0.15) is 4.31 Å². The minimum atomic E-state index is -3.43. The van der Waals surface area contributed by atoms with Crippen LogP contribution in [0.1, 0.15) is 23.6 Å². The molecule has 0 aliphatic carbocycles. The second-order valence-electron chi connectivity index (χ2n) is 5.81. The molecule has 2 rings (SSSR count). The first kappa shape index (κ1) is 17.4. The molecule has 23 heavy (non-hydrogen) atoms. The summed E-state index contributed by atoms with van der Waals surface area (Å²) in [5, 5.41) is 1.27. The second-order valence-corrected chi connectivity index (χ2v) is 7.69. The summed E-state index contributed by atoms with van der Waals surface area (Å²) in [4.78, 5) is 0. The molecule has 4 heteroatoms. The van der Waals surface area contributed by atoms with Crippen molar-refractivity contribution in [3.63, 3.8) is 0 Å². The maximum absolute atomic E-state index is 12.4. The summed E-state index contributed by atoms with van der Waals surface area (Å²) in [7, 11) is -1.80. The Labute approximate surface area is 139 Å². The van der Waals surface area contributed by atoms with Gasteiger partial charge in [0, 0.05) is 18.5 Å². The largest absolute Gasteiger partial charge is 0.236 e. The first-order valence-corrected chi connectivity index (χ1v) is 9.15. The lowest BCUT2D eigenvalue weighted by atomic mass is 10.1. The van der Waals surface area contributed by atoms with E-state index in [-0.39, 0.29) is 6.04 Å². The van der Waals surface area contributed by atoms with Gasteiger partial charge in [-0.15, -0.1) is 0 Å². The molecular weight excluding hydrogens is 306 g/mol. The number of nitrogens with zero attached hydrogens (tertiary/aromatic N) is 1. The Bertz CT molecular complexity index is 750. The number of hydrogen-bond donors (Lipinski definition) is 0. The van der Waals surface area contributed by atoms with Crippen LogP contribution in [0.5, 0.6) is 0 Å². The lowest BCUT2D eigenvalue weighted by Crippen LogP contribution is -2.35. The Morgan fingerprint density at radius 1 is 1.04 bits per heavy atom. The maximum atomic E-state index is 12.4. The summed E-state index contributed by atoms with van der Waals surface area (Å²) in [5.74, 6) is 0. The summed E-state index contributed by atoms with van der Waals surface area (Å²) >= 11 is 0. The van der Waals surface area contributed by atoms with Gasteiger partial charge in [-0.25, -0.2) is 8.42 Å². The molecule has 0 saturated carbocycles. The Hall–Kier alpha value is -1.91. The van der Waals surface area contributed by atoms with Crippen molar-refractivity contribution in [2.75, 3.05) is 7.05 Å². The van der Waals surface area contributed by atoms with Crippen molar-refractivity contribution in [1.29, 1.82) is 0 Å². The van der Waals surface area contributed by atoms with Gasteiger partial charge in [-0.1, -0.05) is 60.2 Å². The van der Waals surface area contributed by atoms with Gasteiger partial charge in [0.25, 0.3) is 0 Å². The lowest BCUT2D eigenvalue weighted by Gasteiger charge is -2.22. The van der Waals surface area contributed by atoms with Crippen molar-refractivity contribution in [3.8, 4) is 0 Å². The van der Waals surface area contributed by atoms with Gasteiger partial charge in [0.2, 0.25) is 10.0 Å². The average molecular weight is 329 g/mol. The van der Waals surface area contributed by atoms with E-state index in [0.717, 1.165) is 11.1 Å². The highest BCUT2D eigenvalue weighted by Gasteiger charge is 2.20. The fourth-order valence-corrected chi connectivity index (χ4v) is 3.37. The van der Waals surface area contributed by atoms with Crippen LogP contribution >= 0.6 is 0 Å². The van der Waals surface area contributed by atoms with Crippen molar-refractivity contribution in [1.82, 2.24) is 4.31 Å². The maximum Gasteiger partial charge on any atom is 0.236 e. The topological polar surface area (TPSA) is 37.4 Å². The summed E-state index contributed by atoms with van der Waals surface area (Å²) in [5.41, 5.74) is 3.21. The average Bonchev–Trinajstić information content (AvgIpc) is 2.55. The number of rotatable bonds is 6. The van der Waals surface area contributed by atoms with E-state index in [2.05, 4.69) is 0 Å². The van der Waals surface area contributed by atoms with Gasteiger partial charge < -0.3 is 0 Å². The van der Waals surface area contributed by atoms with Crippen LogP contribution in [0.15, 0.2) is 60.0 Å². The number of aryl methyl sites for hydroxylation is 1. The van der Waals surface area contributed by atoms with Crippen molar-refractivity contribution in [3.05, 3.63) is 76.7 Å². The highest BCUT2D eigenvalue weighted by molar-refractivity contribution is 7.92. The predicted octanol–water partition coefficient (Wildman–Crippen LogP) is 3.86. The van der Waals surface area contributed by atoms with E-state index >= 15 is 0 Å². The Balaban J connectivity index is 2.06. The Morgan fingerprint density at radius 3 is 2.26 bits per heavy atom. The van der Waals surface area contributed by atoms with Gasteiger partial charge in [0.05, 0.1) is 0 Å². The molecular formula is C19H23NO2S. The third kappa shape index (κ3) is 5.05. The molecule has 2 aromatic carbocycles. The van der Waals surface area contributed by atoms with Crippen molar-refractivity contribution in [2.24, 2.45) is 0 Å². The first-order chi connectivity index (χ1) is 10.9. The second kappa shape index (κ2) is 7.57. The minimum Gasteiger partial charge on any atom is -0.208 e. The number of benzene rings is 2. The van der Waals surface area contributed by atoms with E-state index in [1.807, 2.05) is 68.4 Å². The third-order valence-electron chi connectivity index (χ3n) is 3.91. The molecule has 0 bridgehead atoms. The van der Waals surface area contributed by atoms with Gasteiger partial charge >= 0.3 is 0 Å². The third-order valence-corrected chi connectivity index (χ3v) is 5.55. The summed E-state index contributed by atoms with van der Waals surface area (Å²) in [6.07, 6.45) is 2.32. The van der Waals surface area contributed by atoms with E-state index in [0.29, 0.717) is 6.42 Å². The van der Waals surface area contributed by atoms with Crippen molar-refractivity contribution >= 4 is 16.1 Å². The van der Waals surface area contributed by atoms with Gasteiger partial charge in [0.1, 0.15) is 0 Å². The van der Waals surface area contributed by atoms with Crippen LogP contribution < -0.4 is 0 Å². The predicted molar refractivity (Wildman–Crippen MR) is 96.5 cm³/mol. The van der Waals surface area contributed by atoms with E-state index in [1.54, 1.807) is 13.1 Å². The zero-order chi connectivity index (χ0) is 16.9. The molecule has 0 spiro atoms. The molecule has 0 fully saturated rings. The molecule has 0 amide bonds. The molecule has 0 heterocycles. The normalized spacial score (nSPS) is 13.6. The lowest BCUT2D eigenvalue weighted by molar-refractivity contribution is 0.392. The molecule has 0 radical (unpaired) electrons. The zero-order valence-electron chi connectivity index (χ0n) is 13.8. The fourth-order valence-electron chi connectivity index (χ4n) is 2.27. The quantitative estimate of drug-likeness (QED) is 0.807. The molecule has 122 valence electrons. The van der Waals surface area contributed by atoms with E-state index in [1.165, 1.54) is 15.3 Å². The smallest absolute Gasteiger partial charge is 0.208 e. The van der Waals surface area contributed by atoms with Crippen LogP contribution in [0, 0.1) is 6.92 Å². The van der Waals surface area contributed by atoms with Gasteiger partial charge in [0.15, 0.2) is 0 Å². The standard InChI is InChI=1S/C19H23NO2S/c1-16-9-11-19(12-10-16)15-17(2)20(3)23(21,22)14-13-18-7-5-4-6-8-18/h4-14,17H,15H2,1-3H3/b14-13+. The minimum absolute atomic E-state index is 0.108. The molecule has 2 aromatic rings. The fraction of sp³-hybridized carbons (Fsp3) is 0.263. The summed E-state index contributed by atoms with van der Waals surface area (Å²) in [6.45, 7) is 3.96. The first-order valence-electron chi connectivity index (χ1n) is 7.65. The highest BCUT2D eigenvalue weighted by Crippen LogP contribution is 2.14. The molecule has 0 saturated heterocycles. The van der Waals surface area contributed by atoms with Crippen LogP contribution in [0.3, 0.4) is 0 Å². The summed E-state index contributed by atoms with van der Waals surface area (Å²) < 4.78 is 26.3. The van der Waals surface area contributed by atoms with Crippen LogP contribution in [0.2, 0.25) is 0 Å². The number of hydrogen-bond acceptors (Lipinski definition) is 2. The molecule has 0 aliphatic heterocycles. The molecule has 0 N–H and O–H groups in total. The molecule has 0 aliphatic rings. The van der Waals surface area contributed by atoms with Crippen LogP contribution in [-0.4, -0.2) is 25.8 Å². The van der Waals surface area contributed by atoms with E-state index in [4.69, 9.17) is 0 Å². The molecule has 1 atom stereocenters. The molecule has 1 unspecified atom stereocenters. The molecule has 0 aromatic heterocycles. The van der Waals surface area contributed by atoms with Crippen LogP contribution in [0.4, 0.5) is 0 Å². The van der Waals surface area contributed by atoms with E-state index in [9.17, 15) is 8.42 Å². The Morgan fingerprint density at radius 2 is 1.65 bits per heavy atom. The van der Waals surface area contributed by atoms with Crippen LogP contribution in [0.25, 0.3) is 6.08 Å². The summed E-state index contributed by atoms with van der Waals surface area (Å²) in [6, 6.07) is 17.5. The number of sulfonamides is 1. The van der Waals surface area contributed by atoms with Crippen molar-refractivity contribution < 1.29 is 8.42 Å². The van der Waals surface area contributed by atoms with Crippen LogP contribution in [-0.2, 0) is 16.4 Å². The Kier molecular flexibility index (Phi) is 5.74. The van der Waals surface area contributed by atoms with E-state index < -0.39 is 10.0 Å². The van der Waals surface area contributed by atoms with Gasteiger partial charge in [-0.05, 0) is 37.5 Å². The highest BCUT2D eigenvalue weighted by atomic mass is 32.2. The SMILES string of the molecule is Cc1ccc(CC(C)N(C)S(=O)(=O)/C=C/c2ccccc2)cc1. The van der Waals surface area contributed by atoms with Gasteiger partial charge in [-0.3, -0.25) is 0 Å². The molecule has 3 nitrogen and oxygen atoms in total. The van der Waals surface area contributed by atoms with Crippen molar-refractivity contribution in [2.45, 2.75) is 26.3 Å². The monoisotopic (exact) mass is 329 g/mol.